The first-order valence-corrected chi connectivity index (χ1v) is 6.58. The van der Waals surface area contributed by atoms with Gasteiger partial charge in [0, 0.05) is 24.1 Å². The Morgan fingerprint density at radius 1 is 1.40 bits per heavy atom. The first-order chi connectivity index (χ1) is 9.29. The summed E-state index contributed by atoms with van der Waals surface area (Å²) < 4.78 is 6.73. The minimum atomic E-state index is -0.934. The lowest BCUT2D eigenvalue weighted by Gasteiger charge is -2.26. The van der Waals surface area contributed by atoms with Crippen molar-refractivity contribution in [1.29, 1.82) is 0 Å². The minimum absolute atomic E-state index is 0.136. The highest BCUT2D eigenvalue weighted by atomic mass is 16.5. The van der Waals surface area contributed by atoms with E-state index in [-0.39, 0.29) is 24.1 Å². The van der Waals surface area contributed by atoms with E-state index in [2.05, 4.69) is 4.98 Å². The zero-order valence-electron chi connectivity index (χ0n) is 12.6. The highest BCUT2D eigenvalue weighted by molar-refractivity contribution is 5.70. The molecular formula is C14H22N2O4. The van der Waals surface area contributed by atoms with Gasteiger partial charge in [-0.05, 0) is 19.8 Å². The maximum Gasteiger partial charge on any atom is 0.348 e. The third-order valence-corrected chi connectivity index (χ3v) is 3.47. The zero-order chi connectivity index (χ0) is 15.4. The lowest BCUT2D eigenvalue weighted by Crippen LogP contribution is -2.35. The van der Waals surface area contributed by atoms with Crippen molar-refractivity contribution in [2.24, 2.45) is 5.92 Å². The molecule has 6 nitrogen and oxygen atoms in total. The molecule has 0 saturated heterocycles. The van der Waals surface area contributed by atoms with Crippen molar-refractivity contribution in [3.63, 3.8) is 0 Å². The highest BCUT2D eigenvalue weighted by Crippen LogP contribution is 2.20. The molecule has 112 valence electrons. The molecule has 0 bridgehead atoms. The van der Waals surface area contributed by atoms with Gasteiger partial charge in [0.05, 0.1) is 19.1 Å². The van der Waals surface area contributed by atoms with E-state index in [0.29, 0.717) is 23.6 Å². The number of hydrogen-bond donors (Lipinski definition) is 1. The third kappa shape index (κ3) is 3.45. The zero-order valence-corrected chi connectivity index (χ0v) is 12.6. The molecule has 0 aliphatic heterocycles. The maximum atomic E-state index is 12.2. The standard InChI is InChI=1S/C14H22N2O4/c1-8(2)12(7-20-5)16-10(4)11(6-13(17)18)9(3)15-14(16)19/h8,12H,6-7H2,1-5H3,(H,17,18). The van der Waals surface area contributed by atoms with Crippen LogP contribution in [0.2, 0.25) is 0 Å². The van der Waals surface area contributed by atoms with Crippen molar-refractivity contribution < 1.29 is 14.6 Å². The Bertz CT molecular complexity index is 549. The molecule has 1 aromatic heterocycles. The summed E-state index contributed by atoms with van der Waals surface area (Å²) in [4.78, 5) is 27.1. The van der Waals surface area contributed by atoms with E-state index in [9.17, 15) is 9.59 Å². The van der Waals surface area contributed by atoms with E-state index in [0.717, 1.165) is 0 Å². The number of carbonyl (C=O) groups is 1. The van der Waals surface area contributed by atoms with Crippen LogP contribution in [0.5, 0.6) is 0 Å². The first-order valence-electron chi connectivity index (χ1n) is 6.58. The Morgan fingerprint density at radius 2 is 2.00 bits per heavy atom. The molecule has 1 N–H and O–H groups in total. The largest absolute Gasteiger partial charge is 0.481 e. The van der Waals surface area contributed by atoms with Crippen LogP contribution in [0.1, 0.15) is 36.8 Å². The summed E-state index contributed by atoms with van der Waals surface area (Å²) in [5.41, 5.74) is 1.37. The van der Waals surface area contributed by atoms with Crippen LogP contribution in [-0.4, -0.2) is 34.3 Å². The average Bonchev–Trinajstić information content (AvgIpc) is 2.32. The Hall–Kier alpha value is -1.69. The topological polar surface area (TPSA) is 81.4 Å². The second-order valence-corrected chi connectivity index (χ2v) is 5.25. The quantitative estimate of drug-likeness (QED) is 0.851. The number of carboxylic acids is 1. The molecule has 0 spiro atoms. The van der Waals surface area contributed by atoms with Gasteiger partial charge in [0.25, 0.3) is 0 Å². The molecule has 0 radical (unpaired) electrons. The van der Waals surface area contributed by atoms with E-state index < -0.39 is 5.97 Å². The van der Waals surface area contributed by atoms with Crippen molar-refractivity contribution in [3.8, 4) is 0 Å². The van der Waals surface area contributed by atoms with Gasteiger partial charge in [-0.25, -0.2) is 4.79 Å². The fraction of sp³-hybridized carbons (Fsp3) is 0.643. The van der Waals surface area contributed by atoms with Gasteiger partial charge in [0.15, 0.2) is 0 Å². The number of aliphatic carboxylic acids is 1. The van der Waals surface area contributed by atoms with Crippen LogP contribution in [0.25, 0.3) is 0 Å². The smallest absolute Gasteiger partial charge is 0.348 e. The summed E-state index contributed by atoms with van der Waals surface area (Å²) >= 11 is 0. The number of aryl methyl sites for hydroxylation is 1. The van der Waals surface area contributed by atoms with Gasteiger partial charge in [-0.15, -0.1) is 0 Å². The van der Waals surface area contributed by atoms with Gasteiger partial charge >= 0.3 is 11.7 Å². The molecule has 6 heteroatoms. The fourth-order valence-corrected chi connectivity index (χ4v) is 2.35. The van der Waals surface area contributed by atoms with Crippen molar-refractivity contribution in [3.05, 3.63) is 27.4 Å². The Balaban J connectivity index is 3.45. The number of nitrogens with zero attached hydrogens (tertiary/aromatic N) is 2. The van der Waals surface area contributed by atoms with Crippen LogP contribution in [-0.2, 0) is 16.0 Å². The van der Waals surface area contributed by atoms with Crippen LogP contribution in [0.4, 0.5) is 0 Å². The molecule has 0 aliphatic rings. The number of aromatic nitrogens is 2. The summed E-state index contributed by atoms with van der Waals surface area (Å²) in [5.74, 6) is -0.760. The Kier molecular flexibility index (Phi) is 5.44. The predicted octanol–water partition coefficient (Wildman–Crippen LogP) is 1.33. The third-order valence-electron chi connectivity index (χ3n) is 3.47. The van der Waals surface area contributed by atoms with Gasteiger partial charge in [-0.1, -0.05) is 13.8 Å². The fourth-order valence-electron chi connectivity index (χ4n) is 2.35. The van der Waals surface area contributed by atoms with E-state index >= 15 is 0 Å². The molecular weight excluding hydrogens is 260 g/mol. The van der Waals surface area contributed by atoms with Crippen LogP contribution in [0.3, 0.4) is 0 Å². The van der Waals surface area contributed by atoms with Gasteiger partial charge in [0.2, 0.25) is 0 Å². The van der Waals surface area contributed by atoms with E-state index in [1.807, 2.05) is 13.8 Å². The highest BCUT2D eigenvalue weighted by Gasteiger charge is 2.22. The second-order valence-electron chi connectivity index (χ2n) is 5.25. The van der Waals surface area contributed by atoms with Crippen molar-refractivity contribution in [2.45, 2.75) is 40.2 Å². The van der Waals surface area contributed by atoms with Crippen LogP contribution in [0, 0.1) is 19.8 Å². The molecule has 1 heterocycles. The first kappa shape index (κ1) is 16.4. The van der Waals surface area contributed by atoms with Crippen molar-refractivity contribution >= 4 is 5.97 Å². The summed E-state index contributed by atoms with van der Waals surface area (Å²) in [6, 6.07) is -0.159. The normalized spacial score (nSPS) is 12.7. The van der Waals surface area contributed by atoms with Gasteiger partial charge in [-0.3, -0.25) is 9.36 Å². The molecule has 1 rings (SSSR count). The SMILES string of the molecule is COCC(C(C)C)n1c(C)c(CC(=O)O)c(C)nc1=O. The minimum Gasteiger partial charge on any atom is -0.481 e. The van der Waals surface area contributed by atoms with Gasteiger partial charge < -0.3 is 9.84 Å². The van der Waals surface area contributed by atoms with Gasteiger partial charge in [0.1, 0.15) is 0 Å². The van der Waals surface area contributed by atoms with Crippen LogP contribution >= 0.6 is 0 Å². The number of rotatable bonds is 6. The molecule has 0 fully saturated rings. The monoisotopic (exact) mass is 282 g/mol. The van der Waals surface area contributed by atoms with Crippen LogP contribution < -0.4 is 5.69 Å². The molecule has 20 heavy (non-hydrogen) atoms. The number of methoxy groups -OCH3 is 1. The maximum absolute atomic E-state index is 12.2. The molecule has 1 atom stereocenters. The van der Waals surface area contributed by atoms with Crippen LogP contribution in [0.15, 0.2) is 4.79 Å². The predicted molar refractivity (Wildman–Crippen MR) is 75.1 cm³/mol. The molecule has 1 unspecified atom stereocenters. The summed E-state index contributed by atoms with van der Waals surface area (Å²) in [6.07, 6.45) is -0.136. The molecule has 0 aromatic carbocycles. The lowest BCUT2D eigenvalue weighted by molar-refractivity contribution is -0.136. The number of ether oxygens (including phenoxy) is 1. The number of carboxylic acid groups (broad SMARTS) is 1. The Morgan fingerprint density at radius 3 is 2.45 bits per heavy atom. The second kappa shape index (κ2) is 6.65. The molecule has 0 amide bonds. The summed E-state index contributed by atoms with van der Waals surface area (Å²) in [6.45, 7) is 7.80. The van der Waals surface area contributed by atoms with Crippen molar-refractivity contribution in [1.82, 2.24) is 9.55 Å². The average molecular weight is 282 g/mol. The van der Waals surface area contributed by atoms with Gasteiger partial charge in [-0.2, -0.15) is 4.98 Å². The van der Waals surface area contributed by atoms with Crippen molar-refractivity contribution in [2.75, 3.05) is 13.7 Å². The van der Waals surface area contributed by atoms with E-state index in [4.69, 9.17) is 9.84 Å². The molecule has 0 saturated carbocycles. The molecule has 1 aromatic rings. The summed E-state index contributed by atoms with van der Waals surface area (Å²) in [7, 11) is 1.58. The Labute approximate surface area is 118 Å². The summed E-state index contributed by atoms with van der Waals surface area (Å²) in [5, 5.41) is 8.99. The lowest BCUT2D eigenvalue weighted by atomic mass is 10.0. The molecule has 0 aliphatic carbocycles. The number of hydrogen-bond acceptors (Lipinski definition) is 4. The van der Waals surface area contributed by atoms with E-state index in [1.165, 1.54) is 0 Å². The van der Waals surface area contributed by atoms with E-state index in [1.54, 1.807) is 25.5 Å².